The number of carbonyl (C=O) groups is 2. The number of nitrogens with one attached hydrogen (secondary N) is 3. The van der Waals surface area contributed by atoms with E-state index in [4.69, 9.17) is 5.11 Å². The molecule has 0 unspecified atom stereocenters. The second kappa shape index (κ2) is 6.32. The molecule has 0 rings (SSSR count). The van der Waals surface area contributed by atoms with E-state index >= 15 is 0 Å². The monoisotopic (exact) mass is 239 g/mol. The van der Waals surface area contributed by atoms with E-state index in [9.17, 15) is 18.0 Å². The van der Waals surface area contributed by atoms with Crippen molar-refractivity contribution in [3.05, 3.63) is 0 Å². The molecule has 9 heteroatoms. The highest BCUT2D eigenvalue weighted by Crippen LogP contribution is 1.75. The van der Waals surface area contributed by atoms with Gasteiger partial charge in [-0.2, -0.15) is 13.1 Å². The van der Waals surface area contributed by atoms with E-state index in [0.29, 0.717) is 0 Å². The second-order valence-corrected chi connectivity index (χ2v) is 4.08. The van der Waals surface area contributed by atoms with Crippen LogP contribution in [0.4, 0.5) is 0 Å². The van der Waals surface area contributed by atoms with E-state index < -0.39 is 35.2 Å². The van der Waals surface area contributed by atoms with Crippen LogP contribution in [0.1, 0.15) is 6.92 Å². The Kier molecular flexibility index (Phi) is 5.82. The highest BCUT2D eigenvalue weighted by molar-refractivity contribution is 7.87. The van der Waals surface area contributed by atoms with Crippen LogP contribution < -0.4 is 14.8 Å². The molecule has 0 aromatic rings. The first-order valence-electron chi connectivity index (χ1n) is 4.10. The summed E-state index contributed by atoms with van der Waals surface area (Å²) in [5.41, 5.74) is 0. The lowest BCUT2D eigenvalue weighted by molar-refractivity contribution is -0.137. The predicted octanol–water partition coefficient (Wildman–Crippen LogP) is -2.37. The summed E-state index contributed by atoms with van der Waals surface area (Å²) in [7, 11) is -3.67. The summed E-state index contributed by atoms with van der Waals surface area (Å²) in [5, 5.41) is 10.2. The van der Waals surface area contributed by atoms with Crippen molar-refractivity contribution >= 4 is 22.1 Å². The van der Waals surface area contributed by atoms with Crippen LogP contribution in [0.3, 0.4) is 0 Å². The Bertz CT molecular complexity index is 326. The van der Waals surface area contributed by atoms with E-state index in [2.05, 4.69) is 4.72 Å². The molecule has 0 bridgehead atoms. The van der Waals surface area contributed by atoms with Crippen molar-refractivity contribution in [3.8, 4) is 0 Å². The first-order chi connectivity index (χ1) is 6.87. The summed E-state index contributed by atoms with van der Waals surface area (Å²) >= 11 is 0. The Morgan fingerprint density at radius 3 is 2.27 bits per heavy atom. The van der Waals surface area contributed by atoms with Crippen LogP contribution in [0, 0.1) is 0 Å². The third-order valence-corrected chi connectivity index (χ3v) is 2.39. The van der Waals surface area contributed by atoms with Crippen molar-refractivity contribution in [2.24, 2.45) is 0 Å². The molecule has 0 aliphatic rings. The average molecular weight is 239 g/mol. The van der Waals surface area contributed by atoms with E-state index in [1.54, 1.807) is 6.92 Å². The highest BCUT2D eigenvalue weighted by atomic mass is 32.2. The number of carboxylic acids is 1. The molecular weight excluding hydrogens is 226 g/mol. The number of amides is 1. The second-order valence-electron chi connectivity index (χ2n) is 2.49. The van der Waals surface area contributed by atoms with Gasteiger partial charge in [0.05, 0.1) is 6.54 Å². The fourth-order valence-corrected chi connectivity index (χ4v) is 1.44. The third-order valence-electron chi connectivity index (χ3n) is 1.19. The van der Waals surface area contributed by atoms with Crippen LogP contribution in [-0.2, 0) is 19.8 Å². The lowest BCUT2D eigenvalue weighted by Crippen LogP contribution is -2.43. The van der Waals surface area contributed by atoms with Gasteiger partial charge in [-0.25, -0.2) is 4.72 Å². The molecule has 15 heavy (non-hydrogen) atoms. The highest BCUT2D eigenvalue weighted by Gasteiger charge is 2.10. The molecule has 88 valence electrons. The Balaban J connectivity index is 3.85. The molecule has 0 saturated carbocycles. The van der Waals surface area contributed by atoms with Gasteiger partial charge >= 0.3 is 5.97 Å². The van der Waals surface area contributed by atoms with Gasteiger partial charge in [0.2, 0.25) is 5.91 Å². The zero-order valence-corrected chi connectivity index (χ0v) is 8.93. The molecule has 4 N–H and O–H groups in total. The minimum absolute atomic E-state index is 0.200. The summed E-state index contributed by atoms with van der Waals surface area (Å²) < 4.78 is 26.0. The van der Waals surface area contributed by atoms with Crippen molar-refractivity contribution < 1.29 is 23.1 Å². The molecule has 1 amide bonds. The van der Waals surface area contributed by atoms with E-state index in [1.807, 2.05) is 10.0 Å². The van der Waals surface area contributed by atoms with Crippen LogP contribution in [0.15, 0.2) is 0 Å². The number of aliphatic carboxylic acids is 1. The van der Waals surface area contributed by atoms with Gasteiger partial charge in [0.15, 0.2) is 0 Å². The van der Waals surface area contributed by atoms with Gasteiger partial charge in [-0.1, -0.05) is 6.92 Å². The molecule has 0 aliphatic carbocycles. The van der Waals surface area contributed by atoms with Crippen LogP contribution in [0.5, 0.6) is 0 Å². The van der Waals surface area contributed by atoms with Gasteiger partial charge in [0.25, 0.3) is 10.2 Å². The molecule has 0 radical (unpaired) electrons. The molecule has 0 heterocycles. The number of rotatable bonds is 7. The largest absolute Gasteiger partial charge is 0.480 e. The van der Waals surface area contributed by atoms with Crippen molar-refractivity contribution in [1.82, 2.24) is 14.8 Å². The van der Waals surface area contributed by atoms with Crippen LogP contribution in [-0.4, -0.2) is 45.0 Å². The molecule has 0 aromatic carbocycles. The van der Waals surface area contributed by atoms with E-state index in [1.165, 1.54) is 0 Å². The van der Waals surface area contributed by atoms with Crippen molar-refractivity contribution in [3.63, 3.8) is 0 Å². The summed E-state index contributed by atoms with van der Waals surface area (Å²) in [5.74, 6) is -1.91. The molecule has 0 spiro atoms. The summed E-state index contributed by atoms with van der Waals surface area (Å²) in [6.45, 7) is 0.750. The maximum Gasteiger partial charge on any atom is 0.322 e. The van der Waals surface area contributed by atoms with Crippen LogP contribution >= 0.6 is 0 Å². The van der Waals surface area contributed by atoms with Gasteiger partial charge in [-0.15, -0.1) is 0 Å². The molecule has 0 saturated heterocycles. The number of hydrogen-bond acceptors (Lipinski definition) is 4. The molecule has 0 aromatic heterocycles. The smallest absolute Gasteiger partial charge is 0.322 e. The lowest BCUT2D eigenvalue weighted by atomic mass is 10.5. The summed E-state index contributed by atoms with van der Waals surface area (Å²) in [4.78, 5) is 20.9. The zero-order valence-electron chi connectivity index (χ0n) is 8.11. The Morgan fingerprint density at radius 1 is 1.20 bits per heavy atom. The zero-order chi connectivity index (χ0) is 11.9. The molecule has 0 fully saturated rings. The Labute approximate surface area is 87.2 Å². The van der Waals surface area contributed by atoms with Crippen molar-refractivity contribution in [2.45, 2.75) is 6.92 Å². The number of carbonyl (C=O) groups excluding carboxylic acids is 1. The quantitative estimate of drug-likeness (QED) is 0.395. The maximum atomic E-state index is 11.0. The molecule has 0 aliphatic heterocycles. The maximum absolute atomic E-state index is 11.0. The SMILES string of the molecule is CCNS(=O)(=O)NCC(=O)NCC(=O)O. The van der Waals surface area contributed by atoms with Gasteiger partial charge in [0, 0.05) is 6.54 Å². The first kappa shape index (κ1) is 13.8. The minimum atomic E-state index is -3.67. The average Bonchev–Trinajstić information content (AvgIpc) is 2.11. The number of hydrogen-bond donors (Lipinski definition) is 4. The predicted molar refractivity (Wildman–Crippen MR) is 51.2 cm³/mol. The third kappa shape index (κ3) is 7.85. The minimum Gasteiger partial charge on any atom is -0.480 e. The lowest BCUT2D eigenvalue weighted by Gasteiger charge is -2.06. The van der Waals surface area contributed by atoms with Crippen molar-refractivity contribution in [2.75, 3.05) is 19.6 Å². The van der Waals surface area contributed by atoms with Gasteiger partial charge in [-0.3, -0.25) is 9.59 Å². The van der Waals surface area contributed by atoms with E-state index in [0.717, 1.165) is 0 Å². The molecule has 0 atom stereocenters. The Morgan fingerprint density at radius 2 is 1.80 bits per heavy atom. The summed E-state index contributed by atoms with van der Waals surface area (Å²) in [6, 6.07) is 0. The Hall–Kier alpha value is -1.19. The normalized spacial score (nSPS) is 11.0. The fourth-order valence-electron chi connectivity index (χ4n) is 0.638. The molecule has 8 nitrogen and oxygen atoms in total. The fraction of sp³-hybridized carbons (Fsp3) is 0.667. The van der Waals surface area contributed by atoms with Crippen LogP contribution in [0.2, 0.25) is 0 Å². The topological polar surface area (TPSA) is 125 Å². The standard InChI is InChI=1S/C6H13N3O5S/c1-2-8-15(13,14)9-3-5(10)7-4-6(11)12/h8-9H,2-4H2,1H3,(H,7,10)(H,11,12). The van der Waals surface area contributed by atoms with E-state index in [-0.39, 0.29) is 6.54 Å². The molecular formula is C6H13N3O5S. The van der Waals surface area contributed by atoms with Gasteiger partial charge in [-0.05, 0) is 0 Å². The van der Waals surface area contributed by atoms with Gasteiger partial charge in [0.1, 0.15) is 6.54 Å². The van der Waals surface area contributed by atoms with Crippen molar-refractivity contribution in [1.29, 1.82) is 0 Å². The van der Waals surface area contributed by atoms with Gasteiger partial charge < -0.3 is 10.4 Å². The van der Waals surface area contributed by atoms with Crippen LogP contribution in [0.25, 0.3) is 0 Å². The summed E-state index contributed by atoms with van der Waals surface area (Å²) in [6.07, 6.45) is 0. The first-order valence-corrected chi connectivity index (χ1v) is 5.58. The number of carboxylic acid groups (broad SMARTS) is 1.